The lowest BCUT2D eigenvalue weighted by Gasteiger charge is -2.13. The summed E-state index contributed by atoms with van der Waals surface area (Å²) in [5.74, 6) is -1.06. The first kappa shape index (κ1) is 18.2. The van der Waals surface area contributed by atoms with Gasteiger partial charge in [-0.2, -0.15) is 5.10 Å². The molecule has 0 aliphatic rings. The predicted octanol–water partition coefficient (Wildman–Crippen LogP) is 3.28. The Hall–Kier alpha value is -3.61. The van der Waals surface area contributed by atoms with Crippen LogP contribution >= 0.6 is 0 Å². The van der Waals surface area contributed by atoms with Crippen molar-refractivity contribution in [2.45, 2.75) is 13.5 Å². The highest BCUT2D eigenvalue weighted by Gasteiger charge is 2.21. The van der Waals surface area contributed by atoms with Crippen LogP contribution in [0.25, 0.3) is 0 Å². The van der Waals surface area contributed by atoms with Crippen molar-refractivity contribution in [2.24, 2.45) is 0 Å². The van der Waals surface area contributed by atoms with E-state index in [1.165, 1.54) is 10.9 Å². The van der Waals surface area contributed by atoms with Crippen molar-refractivity contribution < 1.29 is 19.4 Å². The lowest BCUT2D eigenvalue weighted by Crippen LogP contribution is -2.19. The summed E-state index contributed by atoms with van der Waals surface area (Å²) in [6, 6.07) is 16.3. The van der Waals surface area contributed by atoms with Gasteiger partial charge in [-0.3, -0.25) is 4.79 Å². The third-order valence-electron chi connectivity index (χ3n) is 3.91. The first-order valence-corrected chi connectivity index (χ1v) is 8.46. The zero-order valence-corrected chi connectivity index (χ0v) is 14.8. The summed E-state index contributed by atoms with van der Waals surface area (Å²) in [6.45, 7) is 2.57. The number of carboxylic acids is 1. The molecule has 7 heteroatoms. The molecule has 27 heavy (non-hydrogen) atoms. The summed E-state index contributed by atoms with van der Waals surface area (Å²) < 4.78 is 6.94. The number of aromatic nitrogens is 2. The Morgan fingerprint density at radius 2 is 1.78 bits per heavy atom. The van der Waals surface area contributed by atoms with Crippen LogP contribution in [0.3, 0.4) is 0 Å². The zero-order chi connectivity index (χ0) is 19.2. The number of anilines is 1. The predicted molar refractivity (Wildman–Crippen MR) is 100 cm³/mol. The second-order valence-electron chi connectivity index (χ2n) is 5.74. The molecule has 2 aromatic carbocycles. The van der Waals surface area contributed by atoms with Crippen LogP contribution in [0.4, 0.5) is 5.82 Å². The third kappa shape index (κ3) is 4.14. The van der Waals surface area contributed by atoms with Crippen LogP contribution in [0.5, 0.6) is 5.75 Å². The van der Waals surface area contributed by atoms with Gasteiger partial charge in [-0.05, 0) is 24.6 Å². The molecule has 0 atom stereocenters. The number of hydrogen-bond donors (Lipinski definition) is 2. The quantitative estimate of drug-likeness (QED) is 0.670. The SMILES string of the molecule is CCOc1ccccc1C(=O)Nc1c(C(=O)O)cnn1Cc1ccccc1. The summed E-state index contributed by atoms with van der Waals surface area (Å²) in [6.07, 6.45) is 1.23. The van der Waals surface area contributed by atoms with Gasteiger partial charge in [0, 0.05) is 0 Å². The number of aromatic carboxylic acids is 1. The Labute approximate surface area is 156 Å². The van der Waals surface area contributed by atoms with Gasteiger partial charge < -0.3 is 15.2 Å². The van der Waals surface area contributed by atoms with Gasteiger partial charge in [0.1, 0.15) is 17.1 Å². The number of hydrogen-bond acceptors (Lipinski definition) is 4. The molecule has 0 saturated heterocycles. The number of carbonyl (C=O) groups excluding carboxylic acids is 1. The van der Waals surface area contributed by atoms with Gasteiger partial charge in [0.15, 0.2) is 0 Å². The standard InChI is InChI=1S/C20H19N3O4/c1-2-27-17-11-7-6-10-15(17)19(24)22-18-16(20(25)26)12-21-23(18)13-14-8-4-3-5-9-14/h3-12H,2,13H2,1H3,(H,22,24)(H,25,26). The molecule has 1 amide bonds. The van der Waals surface area contributed by atoms with Crippen LogP contribution in [0.15, 0.2) is 60.8 Å². The number of amides is 1. The highest BCUT2D eigenvalue weighted by atomic mass is 16.5. The summed E-state index contributed by atoms with van der Waals surface area (Å²) in [5.41, 5.74) is 1.18. The third-order valence-corrected chi connectivity index (χ3v) is 3.91. The van der Waals surface area contributed by atoms with Crippen LogP contribution in [-0.2, 0) is 6.54 Å². The number of rotatable bonds is 7. The lowest BCUT2D eigenvalue weighted by molar-refractivity contribution is 0.0698. The zero-order valence-electron chi connectivity index (χ0n) is 14.8. The van der Waals surface area contributed by atoms with E-state index in [0.717, 1.165) is 5.56 Å². The van der Waals surface area contributed by atoms with E-state index in [4.69, 9.17) is 4.74 Å². The fourth-order valence-corrected chi connectivity index (χ4v) is 2.66. The number of benzene rings is 2. The fourth-order valence-electron chi connectivity index (χ4n) is 2.66. The lowest BCUT2D eigenvalue weighted by atomic mass is 10.2. The Kier molecular flexibility index (Phi) is 5.51. The minimum absolute atomic E-state index is 0.0758. The van der Waals surface area contributed by atoms with E-state index in [0.29, 0.717) is 24.5 Å². The van der Waals surface area contributed by atoms with Crippen molar-refractivity contribution in [1.29, 1.82) is 0 Å². The average molecular weight is 365 g/mol. The Bertz CT molecular complexity index is 951. The van der Waals surface area contributed by atoms with E-state index >= 15 is 0 Å². The molecule has 1 heterocycles. The number of nitrogens with zero attached hydrogens (tertiary/aromatic N) is 2. The number of nitrogens with one attached hydrogen (secondary N) is 1. The van der Waals surface area contributed by atoms with Gasteiger partial charge in [-0.25, -0.2) is 9.48 Å². The van der Waals surface area contributed by atoms with Crippen molar-refractivity contribution in [1.82, 2.24) is 9.78 Å². The van der Waals surface area contributed by atoms with E-state index in [-0.39, 0.29) is 11.4 Å². The van der Waals surface area contributed by atoms with E-state index in [9.17, 15) is 14.7 Å². The normalized spacial score (nSPS) is 10.4. The molecule has 0 fully saturated rings. The van der Waals surface area contributed by atoms with E-state index in [1.54, 1.807) is 24.3 Å². The van der Waals surface area contributed by atoms with Crippen LogP contribution in [0.2, 0.25) is 0 Å². The largest absolute Gasteiger partial charge is 0.493 e. The molecule has 0 saturated carbocycles. The second-order valence-corrected chi connectivity index (χ2v) is 5.74. The molecule has 0 aliphatic carbocycles. The molecule has 1 aromatic heterocycles. The van der Waals surface area contributed by atoms with Crippen molar-refractivity contribution in [3.8, 4) is 5.75 Å². The highest BCUT2D eigenvalue weighted by molar-refractivity contribution is 6.08. The van der Waals surface area contributed by atoms with E-state index in [1.807, 2.05) is 37.3 Å². The first-order chi connectivity index (χ1) is 13.1. The van der Waals surface area contributed by atoms with Gasteiger partial charge in [0.25, 0.3) is 5.91 Å². The van der Waals surface area contributed by atoms with Crippen molar-refractivity contribution >= 4 is 17.7 Å². The summed E-state index contributed by atoms with van der Waals surface area (Å²) in [7, 11) is 0. The second kappa shape index (κ2) is 8.18. The molecule has 0 radical (unpaired) electrons. The number of para-hydroxylation sites is 1. The molecule has 138 valence electrons. The molecule has 0 spiro atoms. The minimum Gasteiger partial charge on any atom is -0.493 e. The number of ether oxygens (including phenoxy) is 1. The maximum absolute atomic E-state index is 12.8. The van der Waals surface area contributed by atoms with Crippen molar-refractivity contribution in [3.05, 3.63) is 77.5 Å². The molecular formula is C20H19N3O4. The number of carbonyl (C=O) groups is 2. The Morgan fingerprint density at radius 3 is 2.48 bits per heavy atom. The smallest absolute Gasteiger partial charge is 0.341 e. The molecule has 0 bridgehead atoms. The van der Waals surface area contributed by atoms with Crippen molar-refractivity contribution in [2.75, 3.05) is 11.9 Å². The molecule has 2 N–H and O–H groups in total. The number of carboxylic acid groups (broad SMARTS) is 1. The fraction of sp³-hybridized carbons (Fsp3) is 0.150. The monoisotopic (exact) mass is 365 g/mol. The average Bonchev–Trinajstić information content (AvgIpc) is 3.06. The van der Waals surface area contributed by atoms with Gasteiger partial charge in [0.2, 0.25) is 0 Å². The van der Waals surface area contributed by atoms with Gasteiger partial charge in [-0.1, -0.05) is 42.5 Å². The minimum atomic E-state index is -1.16. The molecular weight excluding hydrogens is 346 g/mol. The summed E-state index contributed by atoms with van der Waals surface area (Å²) in [4.78, 5) is 24.3. The molecule has 0 unspecified atom stereocenters. The molecule has 7 nitrogen and oxygen atoms in total. The summed E-state index contributed by atoms with van der Waals surface area (Å²) in [5, 5.41) is 16.2. The van der Waals surface area contributed by atoms with Crippen LogP contribution in [0.1, 0.15) is 33.2 Å². The Morgan fingerprint density at radius 1 is 1.07 bits per heavy atom. The van der Waals surface area contributed by atoms with E-state index in [2.05, 4.69) is 10.4 Å². The molecule has 3 aromatic rings. The topological polar surface area (TPSA) is 93.4 Å². The maximum Gasteiger partial charge on any atom is 0.341 e. The van der Waals surface area contributed by atoms with E-state index < -0.39 is 11.9 Å². The molecule has 0 aliphatic heterocycles. The van der Waals surface area contributed by atoms with Gasteiger partial charge >= 0.3 is 5.97 Å². The van der Waals surface area contributed by atoms with Crippen LogP contribution in [0, 0.1) is 0 Å². The van der Waals surface area contributed by atoms with Gasteiger partial charge in [0.05, 0.1) is 24.9 Å². The van der Waals surface area contributed by atoms with Gasteiger partial charge in [-0.15, -0.1) is 0 Å². The maximum atomic E-state index is 12.8. The Balaban J connectivity index is 1.92. The first-order valence-electron chi connectivity index (χ1n) is 8.46. The highest BCUT2D eigenvalue weighted by Crippen LogP contribution is 2.22. The summed E-state index contributed by atoms with van der Waals surface area (Å²) >= 11 is 0. The molecule has 3 rings (SSSR count). The van der Waals surface area contributed by atoms with Crippen molar-refractivity contribution in [3.63, 3.8) is 0 Å². The van der Waals surface area contributed by atoms with Crippen LogP contribution < -0.4 is 10.1 Å². The van der Waals surface area contributed by atoms with Crippen LogP contribution in [-0.4, -0.2) is 33.4 Å².